The van der Waals surface area contributed by atoms with Crippen molar-refractivity contribution < 1.29 is 9.21 Å². The highest BCUT2D eigenvalue weighted by Gasteiger charge is 2.20. The zero-order valence-electron chi connectivity index (χ0n) is 10.1. The lowest BCUT2D eigenvalue weighted by Crippen LogP contribution is -2.26. The van der Waals surface area contributed by atoms with Crippen LogP contribution in [0.5, 0.6) is 0 Å². The lowest BCUT2D eigenvalue weighted by atomic mass is 10.1. The third kappa shape index (κ3) is 2.09. The van der Waals surface area contributed by atoms with E-state index in [0.717, 1.165) is 21.0 Å². The second-order valence-electron chi connectivity index (χ2n) is 4.02. The van der Waals surface area contributed by atoms with Gasteiger partial charge in [0.2, 0.25) is 0 Å². The predicted octanol–water partition coefficient (Wildman–Crippen LogP) is 3.60. The Morgan fingerprint density at radius 2 is 2.18 bits per heavy atom. The minimum Gasteiger partial charge on any atom is -0.451 e. The van der Waals surface area contributed by atoms with Gasteiger partial charge in [0, 0.05) is 29.0 Å². The molecule has 4 heteroatoms. The minimum absolute atomic E-state index is 0.0719. The average Bonchev–Trinajstić information content (AvgIpc) is 2.65. The van der Waals surface area contributed by atoms with Crippen molar-refractivity contribution in [3.63, 3.8) is 0 Å². The van der Waals surface area contributed by atoms with Gasteiger partial charge < -0.3 is 9.32 Å². The molecular formula is C13H14BrNO2. The van der Waals surface area contributed by atoms with Crippen LogP contribution in [0.15, 0.2) is 27.1 Å². The highest BCUT2D eigenvalue weighted by atomic mass is 79.9. The van der Waals surface area contributed by atoms with Crippen LogP contribution in [0.4, 0.5) is 0 Å². The standard InChI is InChI=1S/C13H14BrNO2/c1-4-15(3)13(16)12-8(2)10-7-9(14)5-6-11(10)17-12/h5-7H,4H2,1-3H3. The van der Waals surface area contributed by atoms with Crippen molar-refractivity contribution in [2.45, 2.75) is 13.8 Å². The van der Waals surface area contributed by atoms with Crippen molar-refractivity contribution in [2.75, 3.05) is 13.6 Å². The molecule has 0 fully saturated rings. The van der Waals surface area contributed by atoms with Gasteiger partial charge in [-0.25, -0.2) is 0 Å². The SMILES string of the molecule is CCN(C)C(=O)c1oc2ccc(Br)cc2c1C. The molecule has 0 radical (unpaired) electrons. The van der Waals surface area contributed by atoms with Gasteiger partial charge in [-0.05, 0) is 32.0 Å². The van der Waals surface area contributed by atoms with Crippen LogP contribution in [-0.2, 0) is 0 Å². The van der Waals surface area contributed by atoms with E-state index in [-0.39, 0.29) is 5.91 Å². The molecule has 0 aliphatic heterocycles. The van der Waals surface area contributed by atoms with Gasteiger partial charge in [0.05, 0.1) is 0 Å². The summed E-state index contributed by atoms with van der Waals surface area (Å²) in [6, 6.07) is 5.75. The lowest BCUT2D eigenvalue weighted by Gasteiger charge is -2.12. The number of carbonyl (C=O) groups is 1. The molecule has 17 heavy (non-hydrogen) atoms. The van der Waals surface area contributed by atoms with E-state index in [2.05, 4.69) is 15.9 Å². The fourth-order valence-corrected chi connectivity index (χ4v) is 2.08. The Balaban J connectivity index is 2.56. The van der Waals surface area contributed by atoms with Crippen LogP contribution in [-0.4, -0.2) is 24.4 Å². The molecule has 0 saturated carbocycles. The third-order valence-electron chi connectivity index (χ3n) is 2.91. The molecule has 0 N–H and O–H groups in total. The molecule has 3 nitrogen and oxygen atoms in total. The summed E-state index contributed by atoms with van der Waals surface area (Å²) < 4.78 is 6.61. The van der Waals surface area contributed by atoms with Crippen LogP contribution in [0.2, 0.25) is 0 Å². The van der Waals surface area contributed by atoms with E-state index >= 15 is 0 Å². The van der Waals surface area contributed by atoms with Gasteiger partial charge in [-0.2, -0.15) is 0 Å². The molecule has 1 aromatic carbocycles. The second kappa shape index (κ2) is 4.53. The number of fused-ring (bicyclic) bond motifs is 1. The van der Waals surface area contributed by atoms with Gasteiger partial charge >= 0.3 is 0 Å². The number of carbonyl (C=O) groups excluding carboxylic acids is 1. The zero-order valence-corrected chi connectivity index (χ0v) is 11.7. The summed E-state index contributed by atoms with van der Waals surface area (Å²) in [5, 5.41) is 0.979. The van der Waals surface area contributed by atoms with E-state index < -0.39 is 0 Å². The first kappa shape index (κ1) is 12.2. The molecule has 0 spiro atoms. The van der Waals surface area contributed by atoms with Crippen LogP contribution in [0.3, 0.4) is 0 Å². The maximum Gasteiger partial charge on any atom is 0.289 e. The van der Waals surface area contributed by atoms with Gasteiger partial charge in [-0.1, -0.05) is 15.9 Å². The Bertz CT molecular complexity index is 574. The Morgan fingerprint density at radius 3 is 2.82 bits per heavy atom. The Kier molecular flexibility index (Phi) is 3.24. The van der Waals surface area contributed by atoms with Crippen LogP contribution in [0.1, 0.15) is 23.0 Å². The van der Waals surface area contributed by atoms with Crippen LogP contribution in [0.25, 0.3) is 11.0 Å². The summed E-state index contributed by atoms with van der Waals surface area (Å²) in [4.78, 5) is 13.7. The highest BCUT2D eigenvalue weighted by molar-refractivity contribution is 9.10. The summed E-state index contributed by atoms with van der Waals surface area (Å²) in [7, 11) is 1.77. The van der Waals surface area contributed by atoms with Crippen LogP contribution >= 0.6 is 15.9 Å². The van der Waals surface area contributed by atoms with Crippen LogP contribution in [0, 0.1) is 6.92 Å². The predicted molar refractivity (Wildman–Crippen MR) is 71.3 cm³/mol. The molecule has 0 bridgehead atoms. The first-order chi connectivity index (χ1) is 8.04. The quantitative estimate of drug-likeness (QED) is 0.848. The number of rotatable bonds is 2. The second-order valence-corrected chi connectivity index (χ2v) is 4.93. The van der Waals surface area contributed by atoms with Gasteiger partial charge in [-0.15, -0.1) is 0 Å². The molecule has 0 saturated heterocycles. The maximum absolute atomic E-state index is 12.1. The Labute approximate surface area is 109 Å². The number of hydrogen-bond donors (Lipinski definition) is 0. The number of aryl methyl sites for hydroxylation is 1. The molecule has 0 atom stereocenters. The topological polar surface area (TPSA) is 33.5 Å². The fourth-order valence-electron chi connectivity index (χ4n) is 1.71. The first-order valence-electron chi connectivity index (χ1n) is 5.48. The van der Waals surface area contributed by atoms with E-state index in [9.17, 15) is 4.79 Å². The normalized spacial score (nSPS) is 10.8. The van der Waals surface area contributed by atoms with E-state index in [1.807, 2.05) is 32.0 Å². The summed E-state index contributed by atoms with van der Waals surface area (Å²) in [5.41, 5.74) is 1.64. The molecule has 2 aromatic rings. The molecule has 0 aliphatic rings. The van der Waals surface area contributed by atoms with E-state index in [4.69, 9.17) is 4.42 Å². The molecule has 1 amide bonds. The minimum atomic E-state index is -0.0719. The lowest BCUT2D eigenvalue weighted by molar-refractivity contribution is 0.0772. The van der Waals surface area contributed by atoms with Crippen molar-refractivity contribution in [1.29, 1.82) is 0 Å². The summed E-state index contributed by atoms with van der Waals surface area (Å²) in [5.74, 6) is 0.361. The molecule has 2 rings (SSSR count). The highest BCUT2D eigenvalue weighted by Crippen LogP contribution is 2.28. The average molecular weight is 296 g/mol. The van der Waals surface area contributed by atoms with Gasteiger partial charge in [0.25, 0.3) is 5.91 Å². The fraction of sp³-hybridized carbons (Fsp3) is 0.308. The molecule has 90 valence electrons. The number of benzene rings is 1. The zero-order chi connectivity index (χ0) is 12.6. The summed E-state index contributed by atoms with van der Waals surface area (Å²) in [6.07, 6.45) is 0. The molecule has 1 aromatic heterocycles. The monoisotopic (exact) mass is 295 g/mol. The Morgan fingerprint density at radius 1 is 1.47 bits per heavy atom. The van der Waals surface area contributed by atoms with Gasteiger partial charge in [0.1, 0.15) is 5.58 Å². The van der Waals surface area contributed by atoms with Gasteiger partial charge in [-0.3, -0.25) is 4.79 Å². The van der Waals surface area contributed by atoms with Crippen molar-refractivity contribution in [3.05, 3.63) is 34.0 Å². The van der Waals surface area contributed by atoms with Crippen molar-refractivity contribution in [1.82, 2.24) is 4.90 Å². The number of nitrogens with zero attached hydrogens (tertiary/aromatic N) is 1. The largest absolute Gasteiger partial charge is 0.451 e. The number of amides is 1. The van der Waals surface area contributed by atoms with Crippen LogP contribution < -0.4 is 0 Å². The third-order valence-corrected chi connectivity index (χ3v) is 3.41. The van der Waals surface area contributed by atoms with Gasteiger partial charge in [0.15, 0.2) is 5.76 Å². The maximum atomic E-state index is 12.1. The van der Waals surface area contributed by atoms with E-state index in [1.54, 1.807) is 11.9 Å². The van der Waals surface area contributed by atoms with Crippen molar-refractivity contribution in [3.8, 4) is 0 Å². The smallest absolute Gasteiger partial charge is 0.289 e. The Hall–Kier alpha value is -1.29. The molecule has 0 unspecified atom stereocenters. The van der Waals surface area contributed by atoms with E-state index in [0.29, 0.717) is 12.3 Å². The first-order valence-corrected chi connectivity index (χ1v) is 6.28. The van der Waals surface area contributed by atoms with Crippen molar-refractivity contribution >= 4 is 32.8 Å². The molecule has 0 aliphatic carbocycles. The summed E-state index contributed by atoms with van der Waals surface area (Å²) in [6.45, 7) is 4.51. The van der Waals surface area contributed by atoms with Crippen molar-refractivity contribution in [2.24, 2.45) is 0 Å². The summed E-state index contributed by atoms with van der Waals surface area (Å²) >= 11 is 3.42. The molecular weight excluding hydrogens is 282 g/mol. The number of furan rings is 1. The number of hydrogen-bond acceptors (Lipinski definition) is 2. The van der Waals surface area contributed by atoms with E-state index in [1.165, 1.54) is 0 Å². The number of halogens is 1. The molecule has 1 heterocycles.